The highest BCUT2D eigenvalue weighted by Gasteiger charge is 2.11. The Morgan fingerprint density at radius 2 is 2.04 bits per heavy atom. The Morgan fingerprint density at radius 3 is 2.61 bits per heavy atom. The predicted octanol–water partition coefficient (Wildman–Crippen LogP) is 4.24. The van der Waals surface area contributed by atoms with Gasteiger partial charge in [0.1, 0.15) is 11.5 Å². The van der Waals surface area contributed by atoms with E-state index in [-0.39, 0.29) is 36.3 Å². The molecule has 28 heavy (non-hydrogen) atoms. The summed E-state index contributed by atoms with van der Waals surface area (Å²) in [6, 6.07) is 4.67. The van der Waals surface area contributed by atoms with Crippen LogP contribution in [0.5, 0.6) is 11.5 Å². The van der Waals surface area contributed by atoms with Gasteiger partial charge in [0.2, 0.25) is 0 Å². The van der Waals surface area contributed by atoms with E-state index in [1.54, 1.807) is 23.5 Å². The van der Waals surface area contributed by atoms with Crippen LogP contribution in [0.15, 0.2) is 23.2 Å². The molecule has 0 aliphatic heterocycles. The second-order valence-corrected chi connectivity index (χ2v) is 6.93. The smallest absolute Gasteiger partial charge is 0.387 e. The average molecular weight is 526 g/mol. The standard InChI is InChI=1S/C18H24F2N4O2S.HI/c1-5-21-18(23-10-16-11(2)24-12(3)27-16)22-9-13-8-14(25-4)6-7-15(13)26-17(19)20;/h6-8,17H,5,9-10H2,1-4H3,(H2,21,22,23);1H. The predicted molar refractivity (Wildman–Crippen MR) is 118 cm³/mol. The molecule has 0 fully saturated rings. The van der Waals surface area contributed by atoms with Gasteiger partial charge in [-0.15, -0.1) is 35.3 Å². The number of halogens is 3. The lowest BCUT2D eigenvalue weighted by atomic mass is 10.2. The van der Waals surface area contributed by atoms with Crippen LogP contribution < -0.4 is 20.1 Å². The molecule has 156 valence electrons. The number of ether oxygens (including phenoxy) is 2. The van der Waals surface area contributed by atoms with Crippen molar-refractivity contribution in [2.45, 2.75) is 40.5 Å². The first kappa shape index (κ1) is 24.3. The van der Waals surface area contributed by atoms with Crippen LogP contribution in [-0.2, 0) is 13.1 Å². The van der Waals surface area contributed by atoms with Crippen LogP contribution in [0.2, 0.25) is 0 Å². The zero-order valence-corrected chi connectivity index (χ0v) is 19.4. The number of nitrogens with zero attached hydrogens (tertiary/aromatic N) is 2. The van der Waals surface area contributed by atoms with Crippen LogP contribution in [-0.4, -0.2) is 31.2 Å². The third-order valence-corrected chi connectivity index (χ3v) is 4.72. The van der Waals surface area contributed by atoms with Crippen molar-refractivity contribution >= 4 is 41.3 Å². The van der Waals surface area contributed by atoms with Crippen molar-refractivity contribution in [2.75, 3.05) is 13.7 Å². The highest BCUT2D eigenvalue weighted by molar-refractivity contribution is 14.0. The summed E-state index contributed by atoms with van der Waals surface area (Å²) in [7, 11) is 1.51. The molecule has 0 bridgehead atoms. The molecule has 0 aliphatic carbocycles. The molecule has 1 aromatic carbocycles. The Kier molecular flexibility index (Phi) is 10.4. The Hall–Kier alpha value is -1.69. The summed E-state index contributed by atoms with van der Waals surface area (Å²) in [5.74, 6) is 1.21. The fourth-order valence-corrected chi connectivity index (χ4v) is 3.30. The number of methoxy groups -OCH3 is 1. The van der Waals surface area contributed by atoms with Crippen molar-refractivity contribution in [3.05, 3.63) is 39.3 Å². The molecule has 1 aromatic heterocycles. The van der Waals surface area contributed by atoms with Gasteiger partial charge in [0.15, 0.2) is 5.96 Å². The second kappa shape index (κ2) is 12.0. The number of thiazole rings is 1. The van der Waals surface area contributed by atoms with Crippen molar-refractivity contribution in [1.82, 2.24) is 15.6 Å². The highest BCUT2D eigenvalue weighted by atomic mass is 127. The maximum absolute atomic E-state index is 12.6. The monoisotopic (exact) mass is 526 g/mol. The number of hydrogen-bond donors (Lipinski definition) is 2. The summed E-state index contributed by atoms with van der Waals surface area (Å²) < 4.78 is 35.0. The Morgan fingerprint density at radius 1 is 1.29 bits per heavy atom. The lowest BCUT2D eigenvalue weighted by Gasteiger charge is -2.13. The maximum atomic E-state index is 12.6. The van der Waals surface area contributed by atoms with Crippen molar-refractivity contribution in [2.24, 2.45) is 4.99 Å². The van der Waals surface area contributed by atoms with E-state index in [9.17, 15) is 8.78 Å². The molecule has 6 nitrogen and oxygen atoms in total. The summed E-state index contributed by atoms with van der Waals surface area (Å²) in [5, 5.41) is 7.39. The number of aliphatic imine (C=N–C) groups is 1. The molecule has 0 spiro atoms. The summed E-state index contributed by atoms with van der Waals surface area (Å²) >= 11 is 1.63. The number of nitrogens with one attached hydrogen (secondary N) is 2. The van der Waals surface area contributed by atoms with E-state index in [4.69, 9.17) is 4.74 Å². The van der Waals surface area contributed by atoms with Crippen LogP contribution >= 0.6 is 35.3 Å². The molecule has 0 atom stereocenters. The molecule has 0 radical (unpaired) electrons. The van der Waals surface area contributed by atoms with Gasteiger partial charge >= 0.3 is 6.61 Å². The summed E-state index contributed by atoms with van der Waals surface area (Å²) in [5.41, 5.74) is 1.50. The van der Waals surface area contributed by atoms with Crippen LogP contribution in [0.25, 0.3) is 0 Å². The molecule has 0 unspecified atom stereocenters. The minimum atomic E-state index is -2.90. The lowest BCUT2D eigenvalue weighted by Crippen LogP contribution is -2.36. The quantitative estimate of drug-likeness (QED) is 0.306. The number of hydrogen-bond acceptors (Lipinski definition) is 5. The van der Waals surface area contributed by atoms with Crippen molar-refractivity contribution in [1.29, 1.82) is 0 Å². The summed E-state index contributed by atoms with van der Waals surface area (Å²) in [6.07, 6.45) is 0. The molecule has 0 amide bonds. The van der Waals surface area contributed by atoms with Gasteiger partial charge in [-0.05, 0) is 39.0 Å². The van der Waals surface area contributed by atoms with Crippen LogP contribution in [0, 0.1) is 13.8 Å². The van der Waals surface area contributed by atoms with Gasteiger partial charge in [0.05, 0.1) is 30.9 Å². The van der Waals surface area contributed by atoms with E-state index in [0.29, 0.717) is 30.4 Å². The number of alkyl halides is 2. The molecule has 2 aromatic rings. The average Bonchev–Trinajstić information content (AvgIpc) is 2.95. The van der Waals surface area contributed by atoms with Crippen molar-refractivity contribution in [3.63, 3.8) is 0 Å². The first-order valence-corrected chi connectivity index (χ1v) is 9.31. The number of aryl methyl sites for hydroxylation is 2. The molecule has 1 heterocycles. The number of aromatic nitrogens is 1. The first-order chi connectivity index (χ1) is 12.9. The Bertz CT molecular complexity index is 787. The SMILES string of the molecule is CCNC(=NCc1cc(OC)ccc1OC(F)F)NCc1sc(C)nc1C.I. The molecular weight excluding hydrogens is 501 g/mol. The van der Waals surface area contributed by atoms with E-state index < -0.39 is 6.61 Å². The van der Waals surface area contributed by atoms with E-state index in [0.717, 1.165) is 15.6 Å². The molecular formula is C18H25F2IN4O2S. The molecule has 0 aliphatic rings. The molecule has 2 N–H and O–H groups in total. The number of guanidine groups is 1. The van der Waals surface area contributed by atoms with E-state index in [1.165, 1.54) is 13.2 Å². The molecule has 0 saturated heterocycles. The van der Waals surface area contributed by atoms with Crippen LogP contribution in [0.4, 0.5) is 8.78 Å². The van der Waals surface area contributed by atoms with Crippen LogP contribution in [0.1, 0.15) is 28.1 Å². The normalized spacial score (nSPS) is 11.2. The van der Waals surface area contributed by atoms with Gasteiger partial charge in [0, 0.05) is 17.0 Å². The van der Waals surface area contributed by atoms with E-state index in [2.05, 4.69) is 25.3 Å². The Balaban J connectivity index is 0.00000392. The number of rotatable bonds is 8. The topological polar surface area (TPSA) is 67.8 Å². The minimum absolute atomic E-state index is 0. The minimum Gasteiger partial charge on any atom is -0.497 e. The largest absolute Gasteiger partial charge is 0.497 e. The van der Waals surface area contributed by atoms with E-state index >= 15 is 0 Å². The van der Waals surface area contributed by atoms with Gasteiger partial charge in [-0.1, -0.05) is 0 Å². The van der Waals surface area contributed by atoms with Crippen LogP contribution in [0.3, 0.4) is 0 Å². The molecule has 0 saturated carbocycles. The third-order valence-electron chi connectivity index (χ3n) is 3.65. The van der Waals surface area contributed by atoms with Crippen molar-refractivity contribution in [3.8, 4) is 11.5 Å². The van der Waals surface area contributed by atoms with Gasteiger partial charge < -0.3 is 20.1 Å². The highest BCUT2D eigenvalue weighted by Crippen LogP contribution is 2.26. The van der Waals surface area contributed by atoms with Crippen molar-refractivity contribution < 1.29 is 18.3 Å². The van der Waals surface area contributed by atoms with Gasteiger partial charge in [-0.25, -0.2) is 9.98 Å². The van der Waals surface area contributed by atoms with Gasteiger partial charge in [0.25, 0.3) is 0 Å². The Labute approximate surface area is 184 Å². The number of benzene rings is 1. The first-order valence-electron chi connectivity index (χ1n) is 8.49. The molecule has 10 heteroatoms. The maximum Gasteiger partial charge on any atom is 0.387 e. The molecule has 2 rings (SSSR count). The van der Waals surface area contributed by atoms with Gasteiger partial charge in [-0.3, -0.25) is 0 Å². The fraction of sp³-hybridized carbons (Fsp3) is 0.444. The summed E-state index contributed by atoms with van der Waals surface area (Å²) in [4.78, 5) is 10.0. The second-order valence-electron chi connectivity index (χ2n) is 5.64. The summed E-state index contributed by atoms with van der Waals surface area (Å²) in [6.45, 7) is 4.41. The zero-order valence-electron chi connectivity index (χ0n) is 16.2. The zero-order chi connectivity index (χ0) is 19.8. The van der Waals surface area contributed by atoms with Gasteiger partial charge in [-0.2, -0.15) is 8.78 Å². The third kappa shape index (κ3) is 7.38. The fourth-order valence-electron chi connectivity index (χ4n) is 2.42. The lowest BCUT2D eigenvalue weighted by molar-refractivity contribution is -0.0504. The van der Waals surface area contributed by atoms with E-state index in [1.807, 2.05) is 20.8 Å².